The summed E-state index contributed by atoms with van der Waals surface area (Å²) in [5, 5.41) is 11.6. The Balaban J connectivity index is 1.43. The predicted octanol–water partition coefficient (Wildman–Crippen LogP) is 6.22. The molecule has 0 radical (unpaired) electrons. The van der Waals surface area contributed by atoms with Crippen molar-refractivity contribution in [2.24, 2.45) is 0 Å². The van der Waals surface area contributed by atoms with E-state index in [1.165, 1.54) is 34.4 Å². The smallest absolute Gasteiger partial charge is 0.296 e. The first-order chi connectivity index (χ1) is 18.9. The minimum absolute atomic E-state index is 0.00476. The number of rotatable bonds is 10. The largest absolute Gasteiger partial charge is 0.503 e. The fourth-order valence-electron chi connectivity index (χ4n) is 4.46. The summed E-state index contributed by atoms with van der Waals surface area (Å²) >= 11 is 7.28. The molecule has 2 heterocycles. The van der Waals surface area contributed by atoms with Gasteiger partial charge in [-0.25, -0.2) is 9.37 Å². The van der Waals surface area contributed by atoms with Crippen LogP contribution in [0.25, 0.3) is 10.2 Å². The zero-order valence-corrected chi connectivity index (χ0v) is 22.5. The van der Waals surface area contributed by atoms with E-state index in [0.29, 0.717) is 40.6 Å². The topological polar surface area (TPSA) is 89.0 Å². The molecule has 0 spiro atoms. The lowest BCUT2D eigenvalue weighted by Crippen LogP contribution is -2.31. The van der Waals surface area contributed by atoms with E-state index in [2.05, 4.69) is 4.98 Å². The summed E-state index contributed by atoms with van der Waals surface area (Å²) in [4.78, 5) is 32.6. The first-order valence-electron chi connectivity index (χ1n) is 12.2. The van der Waals surface area contributed by atoms with Crippen molar-refractivity contribution in [2.45, 2.75) is 18.9 Å². The maximum atomic E-state index is 15.1. The second kappa shape index (κ2) is 11.5. The van der Waals surface area contributed by atoms with Crippen molar-refractivity contribution in [1.82, 2.24) is 4.98 Å². The van der Waals surface area contributed by atoms with Crippen molar-refractivity contribution in [2.75, 3.05) is 25.2 Å². The highest BCUT2D eigenvalue weighted by Gasteiger charge is 2.46. The second-order valence-electron chi connectivity index (χ2n) is 8.88. The Hall–Kier alpha value is -3.79. The fraction of sp³-hybridized carbons (Fsp3) is 0.207. The molecule has 0 fully saturated rings. The lowest BCUT2D eigenvalue weighted by Gasteiger charge is -2.24. The minimum Gasteiger partial charge on any atom is -0.503 e. The molecule has 10 heteroatoms. The Bertz CT molecular complexity index is 1570. The molecule has 1 atom stereocenters. The third kappa shape index (κ3) is 5.52. The number of hydrogen-bond acceptors (Lipinski definition) is 7. The molecule has 7 nitrogen and oxygen atoms in total. The monoisotopic (exact) mass is 566 g/mol. The number of aliphatic hydroxyl groups excluding tert-OH is 1. The third-order valence-corrected chi connectivity index (χ3v) is 7.63. The normalized spacial score (nSPS) is 15.4. The minimum atomic E-state index is -1.17. The molecule has 0 aliphatic carbocycles. The molecule has 3 aromatic carbocycles. The Labute approximate surface area is 233 Å². The number of carbonyl (C=O) groups excluding carboxylic acids is 2. The standard InChI is InChI=1S/C29H24ClFN2O5S/c1-37-14-15-38-19-10-6-17(7-11-19)8-13-23(34)25-26(20-4-2-3-5-21(20)31)33(28(36)27(25)35)29-32-22-12-9-18(30)16-24(22)39-29/h2-7,9-12,16,26,35H,8,13-15H2,1H3. The SMILES string of the molecule is COCCOc1ccc(CCC(=O)C2=C(O)C(=O)N(c3nc4ccc(Cl)cc4s3)C2c2ccccc2F)cc1. The van der Waals surface area contributed by atoms with Crippen molar-refractivity contribution in [3.63, 3.8) is 0 Å². The van der Waals surface area contributed by atoms with E-state index in [1.54, 1.807) is 43.5 Å². The summed E-state index contributed by atoms with van der Waals surface area (Å²) in [7, 11) is 1.60. The van der Waals surface area contributed by atoms with Gasteiger partial charge in [0.15, 0.2) is 16.7 Å². The number of fused-ring (bicyclic) bond motifs is 1. The van der Waals surface area contributed by atoms with E-state index in [9.17, 15) is 14.7 Å². The first kappa shape index (κ1) is 26.8. The van der Waals surface area contributed by atoms with E-state index in [-0.39, 0.29) is 22.7 Å². The van der Waals surface area contributed by atoms with Crippen LogP contribution >= 0.6 is 22.9 Å². The van der Waals surface area contributed by atoms with Crippen LogP contribution in [0.1, 0.15) is 23.6 Å². The Morgan fingerprint density at radius 3 is 2.64 bits per heavy atom. The van der Waals surface area contributed by atoms with Crippen LogP contribution in [0, 0.1) is 5.82 Å². The van der Waals surface area contributed by atoms with Gasteiger partial charge in [0.25, 0.3) is 5.91 Å². The molecule has 1 amide bonds. The van der Waals surface area contributed by atoms with Crippen molar-refractivity contribution in [1.29, 1.82) is 0 Å². The van der Waals surface area contributed by atoms with Crippen molar-refractivity contribution < 1.29 is 28.6 Å². The van der Waals surface area contributed by atoms with Crippen LogP contribution in [-0.2, 0) is 20.7 Å². The quantitative estimate of drug-likeness (QED) is 0.229. The third-order valence-electron chi connectivity index (χ3n) is 6.37. The average Bonchev–Trinajstić information content (AvgIpc) is 3.46. The van der Waals surface area contributed by atoms with E-state index in [4.69, 9.17) is 21.1 Å². The summed E-state index contributed by atoms with van der Waals surface area (Å²) in [5.41, 5.74) is 1.40. The van der Waals surface area contributed by atoms with Gasteiger partial charge in [0, 0.05) is 24.1 Å². The molecule has 1 N–H and O–H groups in total. The number of ketones is 1. The number of aryl methyl sites for hydroxylation is 1. The maximum Gasteiger partial charge on any atom is 0.296 e. The molecule has 0 bridgehead atoms. The molecule has 1 unspecified atom stereocenters. The number of ether oxygens (including phenoxy) is 2. The molecule has 1 aromatic heterocycles. The number of carbonyl (C=O) groups is 2. The van der Waals surface area contributed by atoms with Crippen LogP contribution in [0.3, 0.4) is 0 Å². The molecular formula is C29H24ClFN2O5S. The van der Waals surface area contributed by atoms with Crippen LogP contribution in [0.15, 0.2) is 78.1 Å². The molecule has 1 aliphatic rings. The lowest BCUT2D eigenvalue weighted by molar-refractivity contribution is -0.118. The van der Waals surface area contributed by atoms with E-state index >= 15 is 4.39 Å². The zero-order valence-electron chi connectivity index (χ0n) is 20.9. The van der Waals surface area contributed by atoms with Gasteiger partial charge >= 0.3 is 0 Å². The molecule has 0 saturated heterocycles. The van der Waals surface area contributed by atoms with Crippen LogP contribution in [0.5, 0.6) is 5.75 Å². The first-order valence-corrected chi connectivity index (χ1v) is 13.4. The molecule has 39 heavy (non-hydrogen) atoms. The van der Waals surface area contributed by atoms with E-state index < -0.39 is 29.3 Å². The van der Waals surface area contributed by atoms with Gasteiger partial charge in [-0.3, -0.25) is 14.5 Å². The Morgan fingerprint density at radius 2 is 1.90 bits per heavy atom. The Kier molecular flexibility index (Phi) is 7.92. The van der Waals surface area contributed by atoms with Crippen LogP contribution in [-0.4, -0.2) is 42.1 Å². The molecular weight excluding hydrogens is 543 g/mol. The summed E-state index contributed by atoms with van der Waals surface area (Å²) in [5.74, 6) is -1.90. The van der Waals surface area contributed by atoms with E-state index in [0.717, 1.165) is 5.56 Å². The fourth-order valence-corrected chi connectivity index (χ4v) is 5.72. The number of halogens is 2. The van der Waals surface area contributed by atoms with Crippen LogP contribution < -0.4 is 9.64 Å². The number of nitrogens with zero attached hydrogens (tertiary/aromatic N) is 2. The summed E-state index contributed by atoms with van der Waals surface area (Å²) in [6, 6.07) is 17.1. The number of thiazole rings is 1. The highest BCUT2D eigenvalue weighted by atomic mass is 35.5. The molecule has 200 valence electrons. The van der Waals surface area contributed by atoms with Crippen LogP contribution in [0.4, 0.5) is 9.52 Å². The van der Waals surface area contributed by atoms with Gasteiger partial charge in [-0.15, -0.1) is 0 Å². The number of Topliss-reactive ketones (excluding diaryl/α,β-unsaturated/α-hetero) is 1. The van der Waals surface area contributed by atoms with Gasteiger partial charge in [-0.2, -0.15) is 0 Å². The van der Waals surface area contributed by atoms with E-state index in [1.807, 2.05) is 12.1 Å². The van der Waals surface area contributed by atoms with Gasteiger partial charge < -0.3 is 14.6 Å². The van der Waals surface area contributed by atoms with Gasteiger partial charge in [-0.1, -0.05) is 53.3 Å². The van der Waals surface area contributed by atoms with Crippen LogP contribution in [0.2, 0.25) is 5.02 Å². The number of benzene rings is 3. The van der Waals surface area contributed by atoms with Gasteiger partial charge in [0.2, 0.25) is 0 Å². The van der Waals surface area contributed by atoms with Crippen molar-refractivity contribution in [3.05, 3.63) is 100 Å². The maximum absolute atomic E-state index is 15.1. The molecule has 5 rings (SSSR count). The molecule has 1 aliphatic heterocycles. The van der Waals surface area contributed by atoms with Gasteiger partial charge in [0.1, 0.15) is 24.2 Å². The lowest BCUT2D eigenvalue weighted by atomic mass is 9.93. The average molecular weight is 567 g/mol. The highest BCUT2D eigenvalue weighted by Crippen LogP contribution is 2.44. The molecule has 0 saturated carbocycles. The number of hydrogen-bond donors (Lipinski definition) is 1. The Morgan fingerprint density at radius 1 is 1.13 bits per heavy atom. The van der Waals surface area contributed by atoms with Gasteiger partial charge in [0.05, 0.1) is 22.4 Å². The number of methoxy groups -OCH3 is 1. The summed E-state index contributed by atoms with van der Waals surface area (Å²) in [6.07, 6.45) is 0.358. The van der Waals surface area contributed by atoms with Crippen molar-refractivity contribution >= 4 is 50.0 Å². The van der Waals surface area contributed by atoms with Crippen molar-refractivity contribution in [3.8, 4) is 5.75 Å². The number of anilines is 1. The highest BCUT2D eigenvalue weighted by molar-refractivity contribution is 7.22. The predicted molar refractivity (Wildman–Crippen MR) is 148 cm³/mol. The second-order valence-corrected chi connectivity index (χ2v) is 10.3. The summed E-state index contributed by atoms with van der Waals surface area (Å²) in [6.45, 7) is 0.893. The van der Waals surface area contributed by atoms with Gasteiger partial charge in [-0.05, 0) is 48.4 Å². The number of aliphatic hydroxyl groups is 1. The zero-order chi connectivity index (χ0) is 27.5. The number of amides is 1. The number of aromatic nitrogens is 1. The molecule has 4 aromatic rings. The summed E-state index contributed by atoms with van der Waals surface area (Å²) < 4.78 is 26.3.